The van der Waals surface area contributed by atoms with E-state index in [9.17, 15) is 0 Å². The molecular weight excluding hydrogens is 414 g/mol. The summed E-state index contributed by atoms with van der Waals surface area (Å²) in [7, 11) is 0. The van der Waals surface area contributed by atoms with Gasteiger partial charge in [0.15, 0.2) is 0 Å². The monoisotopic (exact) mass is 439 g/mol. The van der Waals surface area contributed by atoms with Gasteiger partial charge in [0, 0.05) is 17.4 Å². The molecule has 0 fully saturated rings. The molecule has 0 saturated heterocycles. The van der Waals surface area contributed by atoms with Gasteiger partial charge in [0.05, 0.1) is 11.4 Å². The van der Waals surface area contributed by atoms with Crippen molar-refractivity contribution in [3.63, 3.8) is 0 Å². The maximum atomic E-state index is 5.22. The maximum Gasteiger partial charge on any atom is 0.139 e. The highest BCUT2D eigenvalue weighted by Gasteiger charge is 2.25. The van der Waals surface area contributed by atoms with Gasteiger partial charge in [-0.3, -0.25) is 4.98 Å². The number of nitrogens with one attached hydrogen (secondary N) is 1. The van der Waals surface area contributed by atoms with Gasteiger partial charge < -0.3 is 5.32 Å². The van der Waals surface area contributed by atoms with E-state index in [0.717, 1.165) is 42.2 Å². The van der Waals surface area contributed by atoms with E-state index in [0.29, 0.717) is 0 Å². The van der Waals surface area contributed by atoms with Crippen LogP contribution in [0.15, 0.2) is 109 Å². The highest BCUT2D eigenvalue weighted by atomic mass is 15.0. The molecule has 34 heavy (non-hydrogen) atoms. The second kappa shape index (κ2) is 8.95. The average Bonchev–Trinajstić information content (AvgIpc) is 3.40. The standard InChI is InChI=1S/C31H25N3/c1-3-11-22(12-4-1)24-15-9-16-25(21-24)33-31-29(23-13-5-2-6-14-23)26-17-10-18-27(26)30(34-31)28-19-7-8-20-32-28/h1-9,11-16,19-21H,10,17-18H2,(H,33,34). The molecule has 0 atom stereocenters. The van der Waals surface area contributed by atoms with E-state index >= 15 is 0 Å². The van der Waals surface area contributed by atoms with Crippen LogP contribution in [-0.2, 0) is 12.8 Å². The first kappa shape index (κ1) is 20.4. The Bertz CT molecular complexity index is 1430. The molecule has 1 aliphatic carbocycles. The summed E-state index contributed by atoms with van der Waals surface area (Å²) >= 11 is 0. The first-order valence-electron chi connectivity index (χ1n) is 11.8. The van der Waals surface area contributed by atoms with Gasteiger partial charge in [-0.05, 0) is 71.3 Å². The summed E-state index contributed by atoms with van der Waals surface area (Å²) in [6.07, 6.45) is 5.09. The van der Waals surface area contributed by atoms with Crippen molar-refractivity contribution in [2.45, 2.75) is 19.3 Å². The highest BCUT2D eigenvalue weighted by Crippen LogP contribution is 2.42. The van der Waals surface area contributed by atoms with Gasteiger partial charge >= 0.3 is 0 Å². The number of hydrogen-bond acceptors (Lipinski definition) is 3. The van der Waals surface area contributed by atoms with Gasteiger partial charge in [-0.1, -0.05) is 78.9 Å². The van der Waals surface area contributed by atoms with Gasteiger partial charge in [-0.25, -0.2) is 4.98 Å². The fourth-order valence-electron chi connectivity index (χ4n) is 4.92. The van der Waals surface area contributed by atoms with Crippen molar-refractivity contribution >= 4 is 11.5 Å². The fourth-order valence-corrected chi connectivity index (χ4v) is 4.92. The van der Waals surface area contributed by atoms with Crippen LogP contribution in [0.4, 0.5) is 11.5 Å². The van der Waals surface area contributed by atoms with E-state index in [1.165, 1.54) is 33.4 Å². The maximum absolute atomic E-state index is 5.22. The number of anilines is 2. The summed E-state index contributed by atoms with van der Waals surface area (Å²) in [5.41, 5.74) is 10.5. The number of rotatable bonds is 5. The summed E-state index contributed by atoms with van der Waals surface area (Å²) < 4.78 is 0. The Morgan fingerprint density at radius 3 is 2.09 bits per heavy atom. The zero-order valence-corrected chi connectivity index (χ0v) is 18.9. The van der Waals surface area contributed by atoms with Crippen LogP contribution in [0.1, 0.15) is 17.5 Å². The quantitative estimate of drug-likeness (QED) is 0.305. The zero-order chi connectivity index (χ0) is 22.7. The van der Waals surface area contributed by atoms with Crippen molar-refractivity contribution in [2.24, 2.45) is 0 Å². The lowest BCUT2D eigenvalue weighted by Crippen LogP contribution is -2.04. The number of fused-ring (bicyclic) bond motifs is 1. The van der Waals surface area contributed by atoms with E-state index in [1.807, 2.05) is 24.4 Å². The first-order valence-corrected chi connectivity index (χ1v) is 11.8. The Labute approximate surface area is 200 Å². The third-order valence-electron chi connectivity index (χ3n) is 6.47. The van der Waals surface area contributed by atoms with Crippen molar-refractivity contribution in [1.82, 2.24) is 9.97 Å². The SMILES string of the molecule is c1ccc(-c2cccc(Nc3nc(-c4ccccn4)c4c(c3-c3ccccc3)CCC4)c2)cc1. The first-order chi connectivity index (χ1) is 16.9. The van der Waals surface area contributed by atoms with Crippen LogP contribution >= 0.6 is 0 Å². The number of aromatic nitrogens is 2. The third-order valence-corrected chi connectivity index (χ3v) is 6.47. The van der Waals surface area contributed by atoms with Gasteiger partial charge in [0.25, 0.3) is 0 Å². The minimum absolute atomic E-state index is 0.887. The van der Waals surface area contributed by atoms with Crippen LogP contribution in [0.5, 0.6) is 0 Å². The summed E-state index contributed by atoms with van der Waals surface area (Å²) in [6.45, 7) is 0. The summed E-state index contributed by atoms with van der Waals surface area (Å²) in [5.74, 6) is 0.887. The molecule has 0 radical (unpaired) electrons. The molecule has 5 aromatic rings. The highest BCUT2D eigenvalue weighted by molar-refractivity contribution is 5.86. The van der Waals surface area contributed by atoms with Crippen LogP contribution in [0.3, 0.4) is 0 Å². The molecule has 2 aromatic heterocycles. The summed E-state index contributed by atoms with van der Waals surface area (Å²) in [5, 5.41) is 3.68. The van der Waals surface area contributed by atoms with E-state index in [4.69, 9.17) is 4.98 Å². The Morgan fingerprint density at radius 2 is 1.32 bits per heavy atom. The van der Waals surface area contributed by atoms with Crippen molar-refractivity contribution in [1.29, 1.82) is 0 Å². The largest absolute Gasteiger partial charge is 0.340 e. The number of benzene rings is 3. The molecule has 2 heterocycles. The Kier molecular flexibility index (Phi) is 5.36. The lowest BCUT2D eigenvalue weighted by atomic mass is 9.95. The summed E-state index contributed by atoms with van der Waals surface area (Å²) in [6, 6.07) is 35.7. The molecule has 164 valence electrons. The minimum atomic E-state index is 0.887. The van der Waals surface area contributed by atoms with Crippen molar-refractivity contribution in [3.8, 4) is 33.6 Å². The van der Waals surface area contributed by atoms with Crippen LogP contribution in [-0.4, -0.2) is 9.97 Å². The third kappa shape index (κ3) is 3.86. The lowest BCUT2D eigenvalue weighted by Gasteiger charge is -2.19. The predicted octanol–water partition coefficient (Wildman–Crippen LogP) is 7.71. The minimum Gasteiger partial charge on any atom is -0.340 e. The number of hydrogen-bond donors (Lipinski definition) is 1. The van der Waals surface area contributed by atoms with E-state index in [1.54, 1.807) is 0 Å². The lowest BCUT2D eigenvalue weighted by molar-refractivity contribution is 0.911. The van der Waals surface area contributed by atoms with Crippen molar-refractivity contribution < 1.29 is 0 Å². The molecule has 1 aliphatic rings. The van der Waals surface area contributed by atoms with Gasteiger partial charge in [0.2, 0.25) is 0 Å². The molecule has 0 bridgehead atoms. The second-order valence-corrected chi connectivity index (χ2v) is 8.65. The Balaban J connectivity index is 1.51. The molecular formula is C31H25N3. The van der Waals surface area contributed by atoms with E-state index < -0.39 is 0 Å². The topological polar surface area (TPSA) is 37.8 Å². The molecule has 0 saturated carbocycles. The number of pyridine rings is 2. The van der Waals surface area contributed by atoms with Crippen LogP contribution < -0.4 is 5.32 Å². The predicted molar refractivity (Wildman–Crippen MR) is 140 cm³/mol. The number of nitrogens with zero attached hydrogens (tertiary/aromatic N) is 2. The van der Waals surface area contributed by atoms with Crippen LogP contribution in [0.2, 0.25) is 0 Å². The molecule has 3 heteroatoms. The summed E-state index contributed by atoms with van der Waals surface area (Å²) in [4.78, 5) is 9.86. The smallest absolute Gasteiger partial charge is 0.139 e. The van der Waals surface area contributed by atoms with Crippen molar-refractivity contribution in [2.75, 3.05) is 5.32 Å². The molecule has 0 aliphatic heterocycles. The molecule has 6 rings (SSSR count). The molecule has 1 N–H and O–H groups in total. The van der Waals surface area contributed by atoms with Gasteiger partial charge in [-0.15, -0.1) is 0 Å². The fraction of sp³-hybridized carbons (Fsp3) is 0.0968. The van der Waals surface area contributed by atoms with Crippen LogP contribution in [0.25, 0.3) is 33.6 Å². The Hall–Kier alpha value is -4.24. The molecule has 3 aromatic carbocycles. The van der Waals surface area contributed by atoms with E-state index in [-0.39, 0.29) is 0 Å². The van der Waals surface area contributed by atoms with Crippen LogP contribution in [0, 0.1) is 0 Å². The molecule has 0 amide bonds. The Morgan fingerprint density at radius 1 is 0.618 bits per heavy atom. The zero-order valence-electron chi connectivity index (χ0n) is 18.9. The van der Waals surface area contributed by atoms with E-state index in [2.05, 4.69) is 95.2 Å². The average molecular weight is 440 g/mol. The van der Waals surface area contributed by atoms with Gasteiger partial charge in [-0.2, -0.15) is 0 Å². The second-order valence-electron chi connectivity index (χ2n) is 8.65. The molecule has 0 spiro atoms. The molecule has 0 unspecified atom stereocenters. The van der Waals surface area contributed by atoms with Crippen molar-refractivity contribution in [3.05, 3.63) is 120 Å². The molecule has 3 nitrogen and oxygen atoms in total. The van der Waals surface area contributed by atoms with Gasteiger partial charge in [0.1, 0.15) is 5.82 Å². The normalized spacial score (nSPS) is 12.4.